The van der Waals surface area contributed by atoms with Crippen LogP contribution in [-0.2, 0) is 12.8 Å². The van der Waals surface area contributed by atoms with Gasteiger partial charge in [-0.05, 0) is 33.9 Å². The van der Waals surface area contributed by atoms with Crippen LogP contribution in [0.1, 0.15) is 20.4 Å². The minimum absolute atomic E-state index is 0.0627. The van der Waals surface area contributed by atoms with Crippen molar-refractivity contribution in [3.05, 3.63) is 36.9 Å². The fourth-order valence-electron chi connectivity index (χ4n) is 1.36. The van der Waals surface area contributed by atoms with E-state index in [4.69, 9.17) is 5.73 Å². The number of nitrogens with zero attached hydrogens (tertiary/aromatic N) is 1. The topological polar surface area (TPSA) is 56.0 Å². The van der Waals surface area contributed by atoms with Crippen LogP contribution >= 0.6 is 38.6 Å². The number of thiazole rings is 1. The Kier molecular flexibility index (Phi) is 4.44. The Balaban J connectivity index is 2.07. The third kappa shape index (κ3) is 3.22. The molecule has 2 aromatic rings. The fraction of sp³-hybridized carbons (Fsp3) is 0.273. The first-order valence-electron chi connectivity index (χ1n) is 5.10. The summed E-state index contributed by atoms with van der Waals surface area (Å²) in [6, 6.07) is 1.95. The zero-order chi connectivity index (χ0) is 12.3. The Morgan fingerprint density at radius 1 is 1.47 bits per heavy atom. The summed E-state index contributed by atoms with van der Waals surface area (Å²) in [4.78, 5) is 17.3. The van der Waals surface area contributed by atoms with Crippen LogP contribution in [0.25, 0.3) is 0 Å². The van der Waals surface area contributed by atoms with Gasteiger partial charge in [-0.2, -0.15) is 0 Å². The summed E-state index contributed by atoms with van der Waals surface area (Å²) in [5.74, 6) is 0.0627. The Morgan fingerprint density at radius 2 is 2.29 bits per heavy atom. The Labute approximate surface area is 116 Å². The lowest BCUT2D eigenvalue weighted by Crippen LogP contribution is -2.05. The van der Waals surface area contributed by atoms with E-state index in [2.05, 4.69) is 20.9 Å². The molecular weight excluding hydrogens is 320 g/mol. The van der Waals surface area contributed by atoms with E-state index < -0.39 is 0 Å². The molecule has 0 fully saturated rings. The molecule has 0 spiro atoms. The van der Waals surface area contributed by atoms with Crippen LogP contribution < -0.4 is 5.73 Å². The summed E-state index contributed by atoms with van der Waals surface area (Å²) in [5.41, 5.74) is 6.01. The lowest BCUT2D eigenvalue weighted by Gasteiger charge is -1.96. The van der Waals surface area contributed by atoms with Crippen LogP contribution in [0.4, 0.5) is 0 Å². The number of hydrogen-bond donors (Lipinski definition) is 1. The minimum Gasteiger partial charge on any atom is -0.330 e. The second-order valence-electron chi connectivity index (χ2n) is 3.46. The molecule has 0 aliphatic carbocycles. The van der Waals surface area contributed by atoms with Crippen molar-refractivity contribution in [3.8, 4) is 0 Å². The monoisotopic (exact) mass is 330 g/mol. The standard InChI is InChI=1S/C11H11BrN2OS2/c12-7-2-4-16-10(7)5-9(15)8-6-17-11(14-8)1-3-13/h2,4,6H,1,3,5,13H2. The molecule has 2 heterocycles. The highest BCUT2D eigenvalue weighted by molar-refractivity contribution is 9.10. The second-order valence-corrected chi connectivity index (χ2v) is 6.25. The molecule has 0 saturated heterocycles. The molecule has 90 valence electrons. The van der Waals surface area contributed by atoms with Gasteiger partial charge in [0.15, 0.2) is 5.78 Å². The summed E-state index contributed by atoms with van der Waals surface area (Å²) in [5, 5.41) is 4.71. The molecule has 0 atom stereocenters. The number of aromatic nitrogens is 1. The van der Waals surface area contributed by atoms with Crippen molar-refractivity contribution in [1.29, 1.82) is 0 Å². The van der Waals surface area contributed by atoms with Crippen LogP contribution in [0.5, 0.6) is 0 Å². The number of carbonyl (C=O) groups is 1. The third-order valence-corrected chi connectivity index (χ3v) is 5.04. The molecule has 0 bridgehead atoms. The first-order valence-corrected chi connectivity index (χ1v) is 7.65. The van der Waals surface area contributed by atoms with Gasteiger partial charge in [0.25, 0.3) is 0 Å². The van der Waals surface area contributed by atoms with Crippen LogP contribution in [0.3, 0.4) is 0 Å². The SMILES string of the molecule is NCCc1nc(C(=O)Cc2sccc2Br)cs1. The Hall–Kier alpha value is -0.560. The molecular formula is C11H11BrN2OS2. The molecule has 0 aliphatic rings. The first kappa shape index (κ1) is 12.9. The van der Waals surface area contributed by atoms with Gasteiger partial charge in [0, 0.05) is 27.6 Å². The quantitative estimate of drug-likeness (QED) is 0.857. The number of ketones is 1. The number of halogens is 1. The number of nitrogens with two attached hydrogens (primary N) is 1. The largest absolute Gasteiger partial charge is 0.330 e. The summed E-state index contributed by atoms with van der Waals surface area (Å²) < 4.78 is 0.994. The Morgan fingerprint density at radius 3 is 2.94 bits per heavy atom. The second kappa shape index (κ2) is 5.86. The summed E-state index contributed by atoms with van der Waals surface area (Å²) in [7, 11) is 0. The van der Waals surface area contributed by atoms with E-state index in [-0.39, 0.29) is 5.78 Å². The smallest absolute Gasteiger partial charge is 0.187 e. The van der Waals surface area contributed by atoms with Crippen molar-refractivity contribution in [2.75, 3.05) is 6.54 Å². The molecule has 0 amide bonds. The first-order chi connectivity index (χ1) is 8.20. The highest BCUT2D eigenvalue weighted by Crippen LogP contribution is 2.24. The summed E-state index contributed by atoms with van der Waals surface area (Å²) in [6.07, 6.45) is 1.14. The molecule has 2 rings (SSSR count). The highest BCUT2D eigenvalue weighted by Gasteiger charge is 2.13. The van der Waals surface area contributed by atoms with Gasteiger partial charge in [0.2, 0.25) is 0 Å². The van der Waals surface area contributed by atoms with Gasteiger partial charge in [-0.3, -0.25) is 4.79 Å². The molecule has 2 aromatic heterocycles. The molecule has 6 heteroatoms. The average Bonchev–Trinajstić information content (AvgIpc) is 2.90. The predicted octanol–water partition coefficient (Wildman–Crippen LogP) is 2.89. The summed E-state index contributed by atoms with van der Waals surface area (Å²) >= 11 is 6.50. The van der Waals surface area contributed by atoms with E-state index in [0.29, 0.717) is 18.7 Å². The molecule has 0 saturated carbocycles. The van der Waals surface area contributed by atoms with Crippen LogP contribution in [-0.4, -0.2) is 17.3 Å². The third-order valence-electron chi connectivity index (χ3n) is 2.21. The van der Waals surface area contributed by atoms with Gasteiger partial charge < -0.3 is 5.73 Å². The fourth-order valence-corrected chi connectivity index (χ4v) is 3.67. The van der Waals surface area contributed by atoms with E-state index in [0.717, 1.165) is 20.8 Å². The lowest BCUT2D eigenvalue weighted by atomic mass is 10.2. The maximum Gasteiger partial charge on any atom is 0.187 e. The average molecular weight is 331 g/mol. The molecule has 0 aromatic carbocycles. The van der Waals surface area contributed by atoms with Crippen molar-refractivity contribution in [3.63, 3.8) is 0 Å². The molecule has 2 N–H and O–H groups in total. The number of hydrogen-bond acceptors (Lipinski definition) is 5. The van der Waals surface area contributed by atoms with Gasteiger partial charge >= 0.3 is 0 Å². The maximum atomic E-state index is 12.0. The van der Waals surface area contributed by atoms with E-state index >= 15 is 0 Å². The summed E-state index contributed by atoms with van der Waals surface area (Å²) in [6.45, 7) is 0.567. The maximum absolute atomic E-state index is 12.0. The number of rotatable bonds is 5. The lowest BCUT2D eigenvalue weighted by molar-refractivity contribution is 0.0989. The van der Waals surface area contributed by atoms with Crippen molar-refractivity contribution in [2.45, 2.75) is 12.8 Å². The van der Waals surface area contributed by atoms with Gasteiger partial charge in [0.1, 0.15) is 5.69 Å². The zero-order valence-corrected chi connectivity index (χ0v) is 12.2. The number of thiophene rings is 1. The van der Waals surface area contributed by atoms with Crippen molar-refractivity contribution in [2.24, 2.45) is 5.73 Å². The Bertz CT molecular complexity index is 521. The number of carbonyl (C=O) groups excluding carboxylic acids is 1. The normalized spacial score (nSPS) is 10.7. The van der Waals surface area contributed by atoms with Crippen LogP contribution in [0, 0.1) is 0 Å². The number of Topliss-reactive ketones (excluding diaryl/α,β-unsaturated/α-hetero) is 1. The zero-order valence-electron chi connectivity index (χ0n) is 8.98. The van der Waals surface area contributed by atoms with Gasteiger partial charge in [-0.15, -0.1) is 22.7 Å². The predicted molar refractivity (Wildman–Crippen MR) is 74.9 cm³/mol. The highest BCUT2D eigenvalue weighted by atomic mass is 79.9. The van der Waals surface area contributed by atoms with Crippen LogP contribution in [0.15, 0.2) is 21.3 Å². The van der Waals surface area contributed by atoms with Crippen molar-refractivity contribution in [1.82, 2.24) is 4.98 Å². The minimum atomic E-state index is 0.0627. The van der Waals surface area contributed by atoms with Gasteiger partial charge in [0.05, 0.1) is 5.01 Å². The molecule has 0 radical (unpaired) electrons. The molecule has 17 heavy (non-hydrogen) atoms. The van der Waals surface area contributed by atoms with Gasteiger partial charge in [-0.1, -0.05) is 0 Å². The molecule has 0 aliphatic heterocycles. The molecule has 0 unspecified atom stereocenters. The van der Waals surface area contributed by atoms with E-state index in [1.807, 2.05) is 16.8 Å². The van der Waals surface area contributed by atoms with Gasteiger partial charge in [-0.25, -0.2) is 4.98 Å². The van der Waals surface area contributed by atoms with E-state index in [1.54, 1.807) is 11.3 Å². The van der Waals surface area contributed by atoms with Crippen LogP contribution in [0.2, 0.25) is 0 Å². The molecule has 3 nitrogen and oxygen atoms in total. The van der Waals surface area contributed by atoms with Crippen molar-refractivity contribution < 1.29 is 4.79 Å². The van der Waals surface area contributed by atoms with Crippen molar-refractivity contribution >= 4 is 44.4 Å². The van der Waals surface area contributed by atoms with E-state index in [9.17, 15) is 4.79 Å². The van der Waals surface area contributed by atoms with E-state index in [1.165, 1.54) is 11.3 Å².